The van der Waals surface area contributed by atoms with E-state index < -0.39 is 17.6 Å². The molecule has 0 spiro atoms. The summed E-state index contributed by atoms with van der Waals surface area (Å²) in [5.74, 6) is 0.696. The first-order chi connectivity index (χ1) is 17.8. The van der Waals surface area contributed by atoms with Crippen LogP contribution in [-0.4, -0.2) is 53.5 Å². The van der Waals surface area contributed by atoms with Crippen LogP contribution in [0.3, 0.4) is 0 Å². The van der Waals surface area contributed by atoms with E-state index in [-0.39, 0.29) is 17.9 Å². The number of nitrogens with zero attached hydrogens (tertiary/aromatic N) is 2. The lowest BCUT2D eigenvalue weighted by molar-refractivity contribution is -0.141. The highest BCUT2D eigenvalue weighted by atomic mass is 35.5. The number of aliphatic carboxylic acids is 1. The average molecular weight is 566 g/mol. The van der Waals surface area contributed by atoms with E-state index in [0.29, 0.717) is 28.6 Å². The van der Waals surface area contributed by atoms with Crippen LogP contribution in [0.2, 0.25) is 10.0 Å². The number of halogens is 3. The van der Waals surface area contributed by atoms with Gasteiger partial charge in [0.15, 0.2) is 0 Å². The van der Waals surface area contributed by atoms with E-state index in [1.807, 2.05) is 24.3 Å². The summed E-state index contributed by atoms with van der Waals surface area (Å²) in [6.07, 6.45) is 2.33. The Balaban J connectivity index is 1.38. The molecule has 0 amide bonds. The summed E-state index contributed by atoms with van der Waals surface area (Å²) >= 11 is 14.2. The minimum absolute atomic E-state index is 0.0451. The lowest BCUT2D eigenvalue weighted by atomic mass is 9.71. The SMILES string of the molecule is COc1ccc2ncc(Cl)c(C(F)CCC3(CC(=O)O)CCN(CCSc4cccc(Cl)c4)CC3)c2c1. The summed E-state index contributed by atoms with van der Waals surface area (Å²) in [6.45, 7) is 2.51. The summed E-state index contributed by atoms with van der Waals surface area (Å²) in [6, 6.07) is 13.1. The Morgan fingerprint density at radius 1 is 1.24 bits per heavy atom. The second-order valence-electron chi connectivity index (χ2n) is 9.63. The number of carboxylic acids is 1. The quantitative estimate of drug-likeness (QED) is 0.241. The highest BCUT2D eigenvalue weighted by Crippen LogP contribution is 2.44. The van der Waals surface area contributed by atoms with Crippen molar-refractivity contribution in [1.29, 1.82) is 0 Å². The van der Waals surface area contributed by atoms with Crippen LogP contribution in [0.5, 0.6) is 5.75 Å². The van der Waals surface area contributed by atoms with Crippen LogP contribution < -0.4 is 4.74 Å². The predicted octanol–water partition coefficient (Wildman–Crippen LogP) is 7.69. The first-order valence-corrected chi connectivity index (χ1v) is 14.1. The van der Waals surface area contributed by atoms with Crippen LogP contribution in [-0.2, 0) is 4.79 Å². The maximum atomic E-state index is 15.7. The highest BCUT2D eigenvalue weighted by Gasteiger charge is 2.37. The zero-order chi connectivity index (χ0) is 26.4. The molecule has 2 heterocycles. The summed E-state index contributed by atoms with van der Waals surface area (Å²) in [4.78, 5) is 19.6. The molecule has 1 unspecified atom stereocenters. The molecule has 37 heavy (non-hydrogen) atoms. The van der Waals surface area contributed by atoms with Crippen molar-refractivity contribution in [3.63, 3.8) is 0 Å². The molecular formula is C28H31Cl2FN2O3S. The molecule has 1 aromatic heterocycles. The number of hydrogen-bond acceptors (Lipinski definition) is 5. The fourth-order valence-corrected chi connectivity index (χ4v) is 6.62. The molecule has 0 bridgehead atoms. The van der Waals surface area contributed by atoms with Gasteiger partial charge in [0.2, 0.25) is 0 Å². The largest absolute Gasteiger partial charge is 0.497 e. The van der Waals surface area contributed by atoms with Crippen molar-refractivity contribution in [3.8, 4) is 5.75 Å². The van der Waals surface area contributed by atoms with Crippen LogP contribution in [0.25, 0.3) is 10.9 Å². The molecule has 2 aromatic carbocycles. The zero-order valence-electron chi connectivity index (χ0n) is 20.8. The summed E-state index contributed by atoms with van der Waals surface area (Å²) in [5, 5.41) is 11.3. The molecule has 1 fully saturated rings. The molecule has 1 aliphatic rings. The third kappa shape index (κ3) is 7.29. The van der Waals surface area contributed by atoms with Gasteiger partial charge in [0, 0.05) is 39.4 Å². The van der Waals surface area contributed by atoms with Crippen molar-refractivity contribution in [2.45, 2.75) is 43.2 Å². The van der Waals surface area contributed by atoms with E-state index in [0.717, 1.165) is 48.1 Å². The summed E-state index contributed by atoms with van der Waals surface area (Å²) in [5.41, 5.74) is 0.610. The minimum atomic E-state index is -1.33. The van der Waals surface area contributed by atoms with Crippen LogP contribution in [0.15, 0.2) is 53.6 Å². The van der Waals surface area contributed by atoms with Crippen LogP contribution in [0.4, 0.5) is 4.39 Å². The number of rotatable bonds is 11. The van der Waals surface area contributed by atoms with Crippen molar-refractivity contribution >= 4 is 51.8 Å². The van der Waals surface area contributed by atoms with Crippen molar-refractivity contribution < 1.29 is 19.0 Å². The fourth-order valence-electron chi connectivity index (χ4n) is 5.13. The number of benzene rings is 2. The molecule has 0 aliphatic carbocycles. The number of aromatic nitrogens is 1. The number of carbonyl (C=O) groups is 1. The molecule has 0 radical (unpaired) electrons. The van der Waals surface area contributed by atoms with Gasteiger partial charge in [-0.05, 0) is 80.6 Å². The van der Waals surface area contributed by atoms with E-state index in [9.17, 15) is 9.90 Å². The highest BCUT2D eigenvalue weighted by molar-refractivity contribution is 7.99. The Hall–Kier alpha value is -2.06. The Kier molecular flexibility index (Phi) is 9.57. The smallest absolute Gasteiger partial charge is 0.303 e. The van der Waals surface area contributed by atoms with Crippen LogP contribution >= 0.6 is 35.0 Å². The lowest BCUT2D eigenvalue weighted by Crippen LogP contribution is -2.42. The third-order valence-electron chi connectivity index (χ3n) is 7.22. The Bertz CT molecular complexity index is 1240. The Morgan fingerprint density at radius 3 is 2.73 bits per heavy atom. The van der Waals surface area contributed by atoms with Gasteiger partial charge >= 0.3 is 5.97 Å². The molecule has 1 aliphatic heterocycles. The number of alkyl halides is 1. The number of carboxylic acid groups (broad SMARTS) is 1. The number of ether oxygens (including phenoxy) is 1. The molecule has 5 nitrogen and oxygen atoms in total. The second-order valence-corrected chi connectivity index (χ2v) is 11.6. The topological polar surface area (TPSA) is 62.7 Å². The van der Waals surface area contributed by atoms with Crippen molar-refractivity contribution in [1.82, 2.24) is 9.88 Å². The van der Waals surface area contributed by atoms with Gasteiger partial charge in [-0.2, -0.15) is 0 Å². The van der Waals surface area contributed by atoms with Gasteiger partial charge in [-0.1, -0.05) is 29.3 Å². The number of piperidine rings is 1. The number of methoxy groups -OCH3 is 1. The van der Waals surface area contributed by atoms with Gasteiger partial charge in [0.25, 0.3) is 0 Å². The van der Waals surface area contributed by atoms with Crippen molar-refractivity contribution in [3.05, 3.63) is 64.3 Å². The molecule has 1 atom stereocenters. The van der Waals surface area contributed by atoms with E-state index in [4.69, 9.17) is 27.9 Å². The minimum Gasteiger partial charge on any atom is -0.497 e. The third-order valence-corrected chi connectivity index (χ3v) is 8.74. The first-order valence-electron chi connectivity index (χ1n) is 12.4. The number of hydrogen-bond donors (Lipinski definition) is 1. The molecular weight excluding hydrogens is 534 g/mol. The standard InChI is InChI=1S/C28H31Cl2FN2O3S/c1-36-20-5-6-25-22(16-20)27(23(30)18-32-25)24(31)7-8-28(17-26(34)35)9-11-33(12-10-28)13-14-37-21-4-2-3-19(29)15-21/h2-6,15-16,18,24H,7-14,17H2,1H3,(H,34,35). The van der Waals surface area contributed by atoms with Gasteiger partial charge in [0.05, 0.1) is 24.1 Å². The normalized spacial score (nSPS) is 16.5. The van der Waals surface area contributed by atoms with Crippen LogP contribution in [0, 0.1) is 5.41 Å². The van der Waals surface area contributed by atoms with Gasteiger partial charge in [-0.15, -0.1) is 11.8 Å². The average Bonchev–Trinajstić information content (AvgIpc) is 2.88. The number of thioether (sulfide) groups is 1. The number of fused-ring (bicyclic) bond motifs is 1. The predicted molar refractivity (Wildman–Crippen MR) is 149 cm³/mol. The van der Waals surface area contributed by atoms with Gasteiger partial charge in [-0.3, -0.25) is 9.78 Å². The van der Waals surface area contributed by atoms with Crippen molar-refractivity contribution in [2.75, 3.05) is 32.5 Å². The number of likely N-dealkylation sites (tertiary alicyclic amines) is 1. The van der Waals surface area contributed by atoms with Gasteiger partial charge < -0.3 is 14.7 Å². The van der Waals surface area contributed by atoms with E-state index in [1.165, 1.54) is 6.20 Å². The molecule has 9 heteroatoms. The zero-order valence-corrected chi connectivity index (χ0v) is 23.1. The molecule has 0 saturated carbocycles. The maximum Gasteiger partial charge on any atom is 0.303 e. The molecule has 1 saturated heterocycles. The van der Waals surface area contributed by atoms with Gasteiger partial charge in [-0.25, -0.2) is 4.39 Å². The summed E-state index contributed by atoms with van der Waals surface area (Å²) in [7, 11) is 1.56. The molecule has 1 N–H and O–H groups in total. The van der Waals surface area contributed by atoms with E-state index in [2.05, 4.69) is 9.88 Å². The van der Waals surface area contributed by atoms with E-state index in [1.54, 1.807) is 37.1 Å². The van der Waals surface area contributed by atoms with E-state index >= 15 is 4.39 Å². The monoisotopic (exact) mass is 564 g/mol. The lowest BCUT2D eigenvalue weighted by Gasteiger charge is -2.41. The molecule has 198 valence electrons. The summed E-state index contributed by atoms with van der Waals surface area (Å²) < 4.78 is 21.0. The first kappa shape index (κ1) is 28.0. The fraction of sp³-hybridized carbons (Fsp3) is 0.429. The van der Waals surface area contributed by atoms with Crippen LogP contribution in [0.1, 0.15) is 43.8 Å². The Labute approximate surface area is 231 Å². The second kappa shape index (κ2) is 12.7. The molecule has 3 aromatic rings. The molecule has 4 rings (SSSR count). The maximum absolute atomic E-state index is 15.7. The van der Waals surface area contributed by atoms with Crippen molar-refractivity contribution in [2.24, 2.45) is 5.41 Å². The van der Waals surface area contributed by atoms with Gasteiger partial charge in [0.1, 0.15) is 11.9 Å². The Morgan fingerprint density at radius 2 is 2.03 bits per heavy atom. The number of pyridine rings is 1.